The molecule has 4 nitrogen and oxygen atoms in total. The lowest BCUT2D eigenvalue weighted by Crippen LogP contribution is -2.31. The molecule has 0 fully saturated rings. The molecule has 0 saturated carbocycles. The maximum absolute atomic E-state index is 12.2. The highest BCUT2D eigenvalue weighted by Crippen LogP contribution is 2.26. The van der Waals surface area contributed by atoms with E-state index in [-0.39, 0.29) is 6.03 Å². The third kappa shape index (κ3) is 3.66. The van der Waals surface area contributed by atoms with Crippen molar-refractivity contribution < 1.29 is 4.79 Å². The van der Waals surface area contributed by atoms with Crippen LogP contribution < -0.4 is 10.2 Å². The molecule has 0 aliphatic heterocycles. The van der Waals surface area contributed by atoms with E-state index in [1.54, 1.807) is 49.5 Å². The number of urea groups is 1. The van der Waals surface area contributed by atoms with Crippen molar-refractivity contribution in [3.8, 4) is 6.07 Å². The van der Waals surface area contributed by atoms with Crippen molar-refractivity contribution in [1.29, 1.82) is 5.26 Å². The molecular weight excluding hydrogens is 309 g/mol. The number of anilines is 2. The molecule has 106 valence electrons. The topological polar surface area (TPSA) is 56.1 Å². The second-order valence-corrected chi connectivity index (χ2v) is 5.12. The van der Waals surface area contributed by atoms with Gasteiger partial charge in [-0.2, -0.15) is 5.26 Å². The van der Waals surface area contributed by atoms with Crippen molar-refractivity contribution in [2.45, 2.75) is 0 Å². The molecule has 0 saturated heterocycles. The van der Waals surface area contributed by atoms with Crippen LogP contribution in [0.15, 0.2) is 42.5 Å². The molecule has 2 aromatic rings. The van der Waals surface area contributed by atoms with Gasteiger partial charge in [0.2, 0.25) is 0 Å². The molecule has 1 N–H and O–H groups in total. The number of nitrogens with one attached hydrogen (secondary N) is 1. The normalized spacial score (nSPS) is 9.81. The van der Waals surface area contributed by atoms with E-state index >= 15 is 0 Å². The lowest BCUT2D eigenvalue weighted by Gasteiger charge is -2.18. The lowest BCUT2D eigenvalue weighted by molar-refractivity contribution is 0.258. The number of nitrogens with zero attached hydrogens (tertiary/aromatic N) is 2. The molecule has 0 aromatic heterocycles. The lowest BCUT2D eigenvalue weighted by atomic mass is 10.2. The van der Waals surface area contributed by atoms with Gasteiger partial charge in [-0.3, -0.25) is 4.90 Å². The first-order valence-electron chi connectivity index (χ1n) is 6.01. The molecule has 0 radical (unpaired) electrons. The van der Waals surface area contributed by atoms with Gasteiger partial charge >= 0.3 is 6.03 Å². The van der Waals surface area contributed by atoms with Crippen LogP contribution in [-0.2, 0) is 0 Å². The molecule has 0 aliphatic carbocycles. The van der Waals surface area contributed by atoms with Gasteiger partial charge < -0.3 is 5.32 Å². The molecule has 0 unspecified atom stereocenters. The summed E-state index contributed by atoms with van der Waals surface area (Å²) in [6, 6.07) is 13.2. The van der Waals surface area contributed by atoms with Gasteiger partial charge in [-0.25, -0.2) is 4.79 Å². The van der Waals surface area contributed by atoms with E-state index in [0.717, 1.165) is 0 Å². The van der Waals surface area contributed by atoms with E-state index in [2.05, 4.69) is 5.32 Å². The van der Waals surface area contributed by atoms with E-state index in [1.807, 2.05) is 6.07 Å². The Morgan fingerprint density at radius 3 is 2.48 bits per heavy atom. The van der Waals surface area contributed by atoms with Gasteiger partial charge in [0.25, 0.3) is 0 Å². The predicted octanol–water partition coefficient (Wildman–Crippen LogP) is 4.53. The molecule has 2 aromatic carbocycles. The summed E-state index contributed by atoms with van der Waals surface area (Å²) in [5.41, 5.74) is 1.63. The Labute approximate surface area is 132 Å². The number of hydrogen-bond donors (Lipinski definition) is 1. The van der Waals surface area contributed by atoms with Gasteiger partial charge in [0.15, 0.2) is 0 Å². The van der Waals surface area contributed by atoms with E-state index in [9.17, 15) is 4.79 Å². The predicted molar refractivity (Wildman–Crippen MR) is 85.0 cm³/mol. The number of rotatable bonds is 2. The minimum absolute atomic E-state index is 0.358. The van der Waals surface area contributed by atoms with Gasteiger partial charge in [0.05, 0.1) is 22.3 Å². The van der Waals surface area contributed by atoms with E-state index in [4.69, 9.17) is 28.5 Å². The van der Waals surface area contributed by atoms with Gasteiger partial charge in [-0.1, -0.05) is 23.2 Å². The van der Waals surface area contributed by atoms with Crippen molar-refractivity contribution in [1.82, 2.24) is 0 Å². The summed E-state index contributed by atoms with van der Waals surface area (Å²) in [7, 11) is 1.62. The molecule has 0 bridgehead atoms. The highest BCUT2D eigenvalue weighted by Gasteiger charge is 2.13. The maximum atomic E-state index is 12.2. The van der Waals surface area contributed by atoms with Crippen LogP contribution in [0.3, 0.4) is 0 Å². The highest BCUT2D eigenvalue weighted by molar-refractivity contribution is 6.35. The van der Waals surface area contributed by atoms with Crippen molar-refractivity contribution in [3.63, 3.8) is 0 Å². The van der Waals surface area contributed by atoms with Gasteiger partial charge in [-0.15, -0.1) is 0 Å². The van der Waals surface area contributed by atoms with Crippen LogP contribution in [0.4, 0.5) is 16.2 Å². The van der Waals surface area contributed by atoms with E-state index in [1.165, 1.54) is 4.90 Å². The Balaban J connectivity index is 2.15. The van der Waals surface area contributed by atoms with Crippen LogP contribution in [0.2, 0.25) is 10.0 Å². The molecule has 0 aliphatic rings. The van der Waals surface area contributed by atoms with Gasteiger partial charge in [-0.05, 0) is 42.5 Å². The largest absolute Gasteiger partial charge is 0.326 e. The van der Waals surface area contributed by atoms with Crippen LogP contribution in [0.1, 0.15) is 5.56 Å². The van der Waals surface area contributed by atoms with Crippen molar-refractivity contribution in [3.05, 3.63) is 58.1 Å². The van der Waals surface area contributed by atoms with E-state index in [0.29, 0.717) is 27.0 Å². The molecule has 2 amide bonds. The first-order valence-corrected chi connectivity index (χ1v) is 6.77. The fourth-order valence-corrected chi connectivity index (χ4v) is 2.01. The fourth-order valence-electron chi connectivity index (χ4n) is 1.67. The number of halogens is 2. The Morgan fingerprint density at radius 2 is 1.86 bits per heavy atom. The van der Waals surface area contributed by atoms with Gasteiger partial charge in [0, 0.05) is 17.8 Å². The highest BCUT2D eigenvalue weighted by atomic mass is 35.5. The fraction of sp³-hybridized carbons (Fsp3) is 0.0667. The smallest absolute Gasteiger partial charge is 0.306 e. The summed E-state index contributed by atoms with van der Waals surface area (Å²) in [6.45, 7) is 0. The Morgan fingerprint density at radius 1 is 1.19 bits per heavy atom. The second-order valence-electron chi connectivity index (χ2n) is 4.27. The molecular formula is C15H11Cl2N3O. The van der Waals surface area contributed by atoms with Gasteiger partial charge in [0.1, 0.15) is 0 Å². The minimum Gasteiger partial charge on any atom is -0.306 e. The SMILES string of the molecule is CN(C(=O)Nc1cc(Cl)ccc1Cl)c1ccc(C#N)cc1. The van der Waals surface area contributed by atoms with Crippen LogP contribution in [-0.4, -0.2) is 13.1 Å². The Hall–Kier alpha value is -2.22. The van der Waals surface area contributed by atoms with Crippen LogP contribution in [0.25, 0.3) is 0 Å². The average molecular weight is 320 g/mol. The number of carbonyl (C=O) groups excluding carboxylic acids is 1. The summed E-state index contributed by atoms with van der Waals surface area (Å²) >= 11 is 11.9. The van der Waals surface area contributed by atoms with Crippen molar-refractivity contribution >= 4 is 40.6 Å². The third-order valence-corrected chi connectivity index (χ3v) is 3.42. The Kier molecular flexibility index (Phi) is 4.69. The average Bonchev–Trinajstić information content (AvgIpc) is 2.50. The Bertz CT molecular complexity index is 708. The first kappa shape index (κ1) is 15.2. The minimum atomic E-state index is -0.358. The van der Waals surface area contributed by atoms with Crippen LogP contribution in [0, 0.1) is 11.3 Å². The summed E-state index contributed by atoms with van der Waals surface area (Å²) in [5, 5.41) is 12.3. The second kappa shape index (κ2) is 6.49. The third-order valence-electron chi connectivity index (χ3n) is 2.86. The van der Waals surface area contributed by atoms with E-state index < -0.39 is 0 Å². The number of hydrogen-bond acceptors (Lipinski definition) is 2. The number of nitriles is 1. The molecule has 21 heavy (non-hydrogen) atoms. The first-order chi connectivity index (χ1) is 10.0. The molecule has 2 rings (SSSR count). The van der Waals surface area contributed by atoms with Crippen LogP contribution in [0.5, 0.6) is 0 Å². The molecule has 0 atom stereocenters. The number of amides is 2. The maximum Gasteiger partial charge on any atom is 0.326 e. The molecule has 6 heteroatoms. The number of carbonyl (C=O) groups is 1. The zero-order valence-electron chi connectivity index (χ0n) is 11.1. The quantitative estimate of drug-likeness (QED) is 0.883. The number of benzene rings is 2. The van der Waals surface area contributed by atoms with Crippen LogP contribution >= 0.6 is 23.2 Å². The summed E-state index contributed by atoms with van der Waals surface area (Å²) < 4.78 is 0. The van der Waals surface area contributed by atoms with Crippen molar-refractivity contribution in [2.75, 3.05) is 17.3 Å². The molecule has 0 heterocycles. The standard InChI is InChI=1S/C15H11Cl2N3O/c1-20(12-5-2-10(9-18)3-6-12)15(21)19-14-8-11(16)4-7-13(14)17/h2-8H,1H3,(H,19,21). The zero-order chi connectivity index (χ0) is 15.4. The van der Waals surface area contributed by atoms with Crippen molar-refractivity contribution in [2.24, 2.45) is 0 Å². The monoisotopic (exact) mass is 319 g/mol. The summed E-state index contributed by atoms with van der Waals surface area (Å²) in [5.74, 6) is 0. The summed E-state index contributed by atoms with van der Waals surface area (Å²) in [4.78, 5) is 13.6. The molecule has 0 spiro atoms. The zero-order valence-corrected chi connectivity index (χ0v) is 12.6. The summed E-state index contributed by atoms with van der Waals surface area (Å²) in [6.07, 6.45) is 0.